The predicted molar refractivity (Wildman–Crippen MR) is 304 cm³/mol. The second-order valence-electron chi connectivity index (χ2n) is 30.0. The van der Waals surface area contributed by atoms with E-state index in [1.165, 1.54) is 6.42 Å². The van der Waals surface area contributed by atoms with Gasteiger partial charge in [0.25, 0.3) is 0 Å². The van der Waals surface area contributed by atoms with E-state index in [9.17, 15) is 0 Å². The fourth-order valence-electron chi connectivity index (χ4n) is 2.47. The second kappa shape index (κ2) is 34.7. The smallest absolute Gasteiger partial charge is 0.0680 e. The van der Waals surface area contributed by atoms with Crippen LogP contribution in [0.2, 0.25) is 0 Å². The molecule has 392 valence electrons. The highest BCUT2D eigenvalue weighted by Gasteiger charge is 2.27. The molecule has 63 heavy (non-hydrogen) atoms. The van der Waals surface area contributed by atoms with Gasteiger partial charge >= 0.3 is 0 Å². The summed E-state index contributed by atoms with van der Waals surface area (Å²) in [5, 5.41) is 8.15. The summed E-state index contributed by atoms with van der Waals surface area (Å²) in [6, 6.07) is 2.10. The number of nitriles is 1. The van der Waals surface area contributed by atoms with Gasteiger partial charge in [0.2, 0.25) is 0 Å². The highest BCUT2D eigenvalue weighted by molar-refractivity contribution is 4.86. The van der Waals surface area contributed by atoms with Crippen LogP contribution < -0.4 is 0 Å². The molecule has 0 saturated carbocycles. The molecule has 2 unspecified atom stereocenters. The molecule has 0 aromatic rings. The zero-order valence-corrected chi connectivity index (χ0v) is 52.4. The van der Waals surface area contributed by atoms with E-state index in [1.54, 1.807) is 41.5 Å². The van der Waals surface area contributed by atoms with Gasteiger partial charge in [-0.1, -0.05) is 283 Å². The van der Waals surface area contributed by atoms with E-state index in [0.717, 1.165) is 18.8 Å². The van der Waals surface area contributed by atoms with E-state index in [0.29, 0.717) is 33.0 Å². The first-order valence-corrected chi connectivity index (χ1v) is 24.5. The third kappa shape index (κ3) is 101. The number of hydrogen-bond donors (Lipinski definition) is 0. The van der Waals surface area contributed by atoms with Crippen molar-refractivity contribution in [1.82, 2.24) is 0 Å². The Hall–Kier alpha value is -0.510. The van der Waals surface area contributed by atoms with Crippen LogP contribution in [0.5, 0.6) is 0 Å². The molecular weight excluding hydrogens is 759 g/mol. The Morgan fingerprint density at radius 1 is 0.476 bits per heavy atom. The van der Waals surface area contributed by atoms with Gasteiger partial charge in [0.15, 0.2) is 0 Å². The molecule has 1 heteroatoms. The lowest BCUT2D eigenvalue weighted by atomic mass is 9.71. The molecule has 0 aliphatic heterocycles. The monoisotopic (exact) mass is 909 g/mol. The van der Waals surface area contributed by atoms with Crippen LogP contribution in [0.15, 0.2) is 0 Å². The van der Waals surface area contributed by atoms with Gasteiger partial charge in [-0.25, -0.2) is 0 Å². The van der Waals surface area contributed by atoms with E-state index in [1.807, 2.05) is 41.5 Å². The molecule has 0 spiro atoms. The van der Waals surface area contributed by atoms with Crippen LogP contribution >= 0.6 is 0 Å². The summed E-state index contributed by atoms with van der Waals surface area (Å²) in [5.41, 5.74) is 0.922. The van der Waals surface area contributed by atoms with Crippen molar-refractivity contribution in [3.8, 4) is 6.07 Å². The largest absolute Gasteiger partial charge is 0.198 e. The van der Waals surface area contributed by atoms with Gasteiger partial charge in [-0.05, 0) is 111 Å². The molecule has 0 aliphatic rings. The summed E-state index contributed by atoms with van der Waals surface area (Å²) in [6.45, 7) is 80.0. The van der Waals surface area contributed by atoms with Crippen LogP contribution in [0.3, 0.4) is 0 Å². The average Bonchev–Trinajstić information content (AvgIpc) is 2.98. The molecule has 0 heterocycles. The Morgan fingerprint density at radius 2 is 0.714 bits per heavy atom. The third-order valence-corrected chi connectivity index (χ3v) is 9.89. The predicted octanol–water partition coefficient (Wildman–Crippen LogP) is 23.6. The highest BCUT2D eigenvalue weighted by atomic mass is 14.3. The Bertz CT molecular complexity index is 1290. The summed E-state index contributed by atoms with van der Waals surface area (Å²) in [7, 11) is 0. The fourth-order valence-corrected chi connectivity index (χ4v) is 2.47. The van der Waals surface area contributed by atoms with Crippen molar-refractivity contribution in [2.24, 2.45) is 89.6 Å². The minimum Gasteiger partial charge on any atom is -0.198 e. The molecule has 1 nitrogen and oxygen atoms in total. The SMILES string of the molecule is CC(C)(C)C.CC(C)(C)C#N.CC(C)(C)C(C)(C)C.CC(C)C(C)(C)C.CC(C)CC(C)(C)C.[2H]C(C)(C(C)C)C(C)(C)C.[2H]C(C)(C)C(C)(C)C.[2H]C([2H])([2H])C(C)(C)C.[2H]C([2H])([2H])C([2H])(C([2H])([2H])C)C(C)(C)C. The number of rotatable bonds is 3. The molecule has 0 aliphatic carbocycles. The normalized spacial score (nSPS) is 17.9. The van der Waals surface area contributed by atoms with Gasteiger partial charge in [0.1, 0.15) is 0 Å². The van der Waals surface area contributed by atoms with Crippen LogP contribution in [0.1, 0.15) is 325 Å². The number of hydrogen-bond acceptors (Lipinski definition) is 1. The van der Waals surface area contributed by atoms with Crippen molar-refractivity contribution in [1.29, 1.82) is 5.26 Å². The van der Waals surface area contributed by atoms with Crippen molar-refractivity contribution < 1.29 is 15.1 Å². The number of nitrogens with zero attached hydrogens (tertiary/aromatic N) is 1. The molecular formula is C62H139N. The Kier molecular flexibility index (Phi) is 31.3. The fraction of sp³-hybridized carbons (Fsp3) is 0.984. The summed E-state index contributed by atoms with van der Waals surface area (Å²) in [6.07, 6.45) is -0.747. The first-order valence-electron chi connectivity index (χ1n) is 30.0. The molecule has 0 aromatic carbocycles. The van der Waals surface area contributed by atoms with E-state index in [-0.39, 0.29) is 28.0 Å². The van der Waals surface area contributed by atoms with Crippen LogP contribution in [0, 0.1) is 101 Å². The summed E-state index contributed by atoms with van der Waals surface area (Å²) in [4.78, 5) is 0. The van der Waals surface area contributed by atoms with Crippen molar-refractivity contribution >= 4 is 0 Å². The zero-order valence-electron chi connectivity index (χ0n) is 63.4. The maximum atomic E-state index is 8.15. The molecule has 0 fully saturated rings. The van der Waals surface area contributed by atoms with Crippen molar-refractivity contribution in [2.75, 3.05) is 0 Å². The summed E-state index contributed by atoms with van der Waals surface area (Å²) in [5.74, 6) is -0.664. The van der Waals surface area contributed by atoms with Gasteiger partial charge in [0, 0.05) is 20.5 Å². The van der Waals surface area contributed by atoms with Crippen LogP contribution in [-0.4, -0.2) is 0 Å². The lowest BCUT2D eigenvalue weighted by Crippen LogP contribution is -2.25. The molecule has 2 atom stereocenters. The maximum absolute atomic E-state index is 8.15. The minimum atomic E-state index is -2.64. The average molecular weight is 910 g/mol. The molecule has 0 saturated heterocycles. The van der Waals surface area contributed by atoms with Gasteiger partial charge in [-0.15, -0.1) is 0 Å². The van der Waals surface area contributed by atoms with Crippen LogP contribution in [0.4, 0.5) is 0 Å². The molecule has 0 N–H and O–H groups in total. The lowest BCUT2D eigenvalue weighted by Gasteiger charge is -2.34. The summed E-state index contributed by atoms with van der Waals surface area (Å²) >= 11 is 0. The molecule has 0 aromatic heterocycles. The molecule has 0 amide bonds. The van der Waals surface area contributed by atoms with E-state index >= 15 is 0 Å². The third-order valence-electron chi connectivity index (χ3n) is 9.89. The minimum absolute atomic E-state index is 0.0845. The Balaban J connectivity index is -0.0000000931. The van der Waals surface area contributed by atoms with Crippen LogP contribution in [-0.2, 0) is 0 Å². The van der Waals surface area contributed by atoms with Gasteiger partial charge < -0.3 is 0 Å². The van der Waals surface area contributed by atoms with E-state index < -0.39 is 36.8 Å². The topological polar surface area (TPSA) is 23.8 Å². The zero-order chi connectivity index (χ0) is 64.1. The van der Waals surface area contributed by atoms with Crippen molar-refractivity contribution in [3.63, 3.8) is 0 Å². The standard InChI is InChI=1S/C9H20.3C8H18.2C7H16.C5H9N.2C5H12/c1-7(2)8(3)9(4,5)6;1-7(2)6-8(3,4)5;1-7(2,3)8(4,5)6;1-6-7(2)8(3,4)5;2*1-6(2)7(3,4)5;1-5(2,3)4-6;2*1-5(2,3)4/h7-8H,1-6H3;7H,6H2,1-5H3;1-6H3;7H,6H2,1-5H3;2*6H,1-5H3;1-3H3;2*1-4H3/i8D;;;2D3,6D2,7D;6D;;;1D3;. The highest BCUT2D eigenvalue weighted by Crippen LogP contribution is 2.36. The summed E-state index contributed by atoms with van der Waals surface area (Å²) < 4.78 is 81.2. The Labute approximate surface area is 425 Å². The first kappa shape index (κ1) is 56.8. The molecule has 0 rings (SSSR count). The Morgan fingerprint density at radius 3 is 0.714 bits per heavy atom. The van der Waals surface area contributed by atoms with Gasteiger partial charge in [0.05, 0.1) is 6.07 Å². The maximum Gasteiger partial charge on any atom is 0.0680 e. The van der Waals surface area contributed by atoms with Gasteiger partial charge in [-0.3, -0.25) is 0 Å². The van der Waals surface area contributed by atoms with E-state index in [2.05, 4.69) is 200 Å². The second-order valence-corrected chi connectivity index (χ2v) is 30.0. The van der Waals surface area contributed by atoms with Gasteiger partial charge in [-0.2, -0.15) is 5.26 Å². The van der Waals surface area contributed by atoms with Crippen molar-refractivity contribution in [2.45, 2.75) is 310 Å². The van der Waals surface area contributed by atoms with Crippen LogP contribution in [0.25, 0.3) is 0 Å². The van der Waals surface area contributed by atoms with E-state index in [4.69, 9.17) is 20.3 Å². The molecule has 0 bridgehead atoms. The quantitative estimate of drug-likeness (QED) is 0.277. The first-order chi connectivity index (χ1) is 30.6. The lowest BCUT2D eigenvalue weighted by molar-refractivity contribution is 0.157. The van der Waals surface area contributed by atoms with Crippen molar-refractivity contribution in [3.05, 3.63) is 0 Å². The molecule has 0 radical (unpaired) electrons.